The molecule has 1 aliphatic rings. The Morgan fingerprint density at radius 1 is 1.45 bits per heavy atom. The van der Waals surface area contributed by atoms with Crippen LogP contribution in [0.25, 0.3) is 6.08 Å². The first kappa shape index (κ1) is 17.0. The van der Waals surface area contributed by atoms with Crippen LogP contribution in [-0.4, -0.2) is 37.9 Å². The minimum absolute atomic E-state index is 0.0114. The van der Waals surface area contributed by atoms with E-state index in [1.165, 1.54) is 11.0 Å². The van der Waals surface area contributed by atoms with Crippen molar-refractivity contribution in [3.05, 3.63) is 33.1 Å². The Bertz CT molecular complexity index is 675. The molecule has 0 radical (unpaired) electrons. The van der Waals surface area contributed by atoms with E-state index < -0.39 is 5.97 Å². The number of benzene rings is 1. The van der Waals surface area contributed by atoms with Crippen LogP contribution in [0.2, 0.25) is 0 Å². The van der Waals surface area contributed by atoms with Crippen LogP contribution in [0, 0.1) is 0 Å². The van der Waals surface area contributed by atoms with Gasteiger partial charge in [-0.25, -0.2) is 0 Å². The monoisotopic (exact) mass is 401 g/mol. The number of aliphatic carboxylic acids is 1. The van der Waals surface area contributed by atoms with E-state index in [9.17, 15) is 14.7 Å². The largest absolute Gasteiger partial charge is 0.507 e. The summed E-state index contributed by atoms with van der Waals surface area (Å²) in [6.45, 7) is 0.277. The summed E-state index contributed by atoms with van der Waals surface area (Å²) in [7, 11) is 0. The summed E-state index contributed by atoms with van der Waals surface area (Å²) in [5.74, 6) is -1.10. The molecular weight excluding hydrogens is 390 g/mol. The SMILES string of the molecule is O=C(O)CCCN1C(=O)/C(=C\c2cc(Br)ccc2O)SC1=S. The number of hydrogen-bond donors (Lipinski definition) is 2. The molecule has 22 heavy (non-hydrogen) atoms. The molecule has 2 N–H and O–H groups in total. The highest BCUT2D eigenvalue weighted by Crippen LogP contribution is 2.34. The van der Waals surface area contributed by atoms with Crippen LogP contribution in [0.5, 0.6) is 5.75 Å². The third-order valence-electron chi connectivity index (χ3n) is 2.92. The van der Waals surface area contributed by atoms with Crippen molar-refractivity contribution < 1.29 is 19.8 Å². The second kappa shape index (κ2) is 7.26. The number of amides is 1. The smallest absolute Gasteiger partial charge is 0.303 e. The Morgan fingerprint density at radius 2 is 2.18 bits per heavy atom. The van der Waals surface area contributed by atoms with Gasteiger partial charge in [0.25, 0.3) is 5.91 Å². The van der Waals surface area contributed by atoms with Crippen LogP contribution in [0.15, 0.2) is 27.6 Å². The number of halogens is 1. The molecule has 1 aliphatic heterocycles. The number of rotatable bonds is 5. The van der Waals surface area contributed by atoms with E-state index in [-0.39, 0.29) is 24.6 Å². The molecule has 1 heterocycles. The molecular formula is C14H12BrNO4S2. The summed E-state index contributed by atoms with van der Waals surface area (Å²) in [5.41, 5.74) is 0.514. The van der Waals surface area contributed by atoms with Crippen molar-refractivity contribution in [2.75, 3.05) is 6.54 Å². The van der Waals surface area contributed by atoms with Gasteiger partial charge in [-0.15, -0.1) is 0 Å². The molecule has 5 nitrogen and oxygen atoms in total. The highest BCUT2D eigenvalue weighted by atomic mass is 79.9. The van der Waals surface area contributed by atoms with Crippen molar-refractivity contribution in [3.8, 4) is 5.75 Å². The van der Waals surface area contributed by atoms with E-state index >= 15 is 0 Å². The maximum atomic E-state index is 12.3. The van der Waals surface area contributed by atoms with Crippen LogP contribution < -0.4 is 0 Å². The van der Waals surface area contributed by atoms with Crippen molar-refractivity contribution in [1.29, 1.82) is 0 Å². The van der Waals surface area contributed by atoms with Crippen molar-refractivity contribution in [2.45, 2.75) is 12.8 Å². The Kier molecular flexibility index (Phi) is 5.60. The number of phenols is 1. The Morgan fingerprint density at radius 3 is 2.86 bits per heavy atom. The zero-order valence-corrected chi connectivity index (χ0v) is 14.5. The molecule has 116 valence electrons. The highest BCUT2D eigenvalue weighted by molar-refractivity contribution is 9.10. The molecule has 0 unspecified atom stereocenters. The van der Waals surface area contributed by atoms with Crippen LogP contribution in [-0.2, 0) is 9.59 Å². The number of thioether (sulfide) groups is 1. The molecule has 1 aromatic rings. The summed E-state index contributed by atoms with van der Waals surface area (Å²) < 4.78 is 1.18. The van der Waals surface area contributed by atoms with E-state index in [1.54, 1.807) is 18.2 Å². The number of carboxylic acid groups (broad SMARTS) is 1. The summed E-state index contributed by atoms with van der Waals surface area (Å²) in [4.78, 5) is 24.6. The third kappa shape index (κ3) is 4.08. The second-order valence-corrected chi connectivity index (χ2v) is 7.13. The van der Waals surface area contributed by atoms with Gasteiger partial charge in [-0.3, -0.25) is 14.5 Å². The van der Waals surface area contributed by atoms with Gasteiger partial charge in [0.2, 0.25) is 0 Å². The zero-order valence-electron chi connectivity index (χ0n) is 11.3. The Balaban J connectivity index is 2.15. The lowest BCUT2D eigenvalue weighted by Gasteiger charge is -2.13. The van der Waals surface area contributed by atoms with E-state index in [2.05, 4.69) is 15.9 Å². The van der Waals surface area contributed by atoms with Gasteiger partial charge in [0.15, 0.2) is 0 Å². The average Bonchev–Trinajstić information content (AvgIpc) is 2.70. The first-order chi connectivity index (χ1) is 10.4. The van der Waals surface area contributed by atoms with Gasteiger partial charge < -0.3 is 10.2 Å². The quantitative estimate of drug-likeness (QED) is 0.582. The van der Waals surface area contributed by atoms with Gasteiger partial charge in [-0.05, 0) is 30.7 Å². The van der Waals surface area contributed by atoms with Gasteiger partial charge in [0.1, 0.15) is 10.1 Å². The first-order valence-corrected chi connectivity index (χ1v) is 8.36. The standard InChI is InChI=1S/C14H12BrNO4S2/c15-9-3-4-10(17)8(6-9)7-11-13(20)16(14(21)22-11)5-1-2-12(18)19/h3-4,6-7,17H,1-2,5H2,(H,18,19)/b11-7+. The lowest BCUT2D eigenvalue weighted by molar-refractivity contribution is -0.137. The Labute approximate surface area is 145 Å². The van der Waals surface area contributed by atoms with Crippen molar-refractivity contribution in [3.63, 3.8) is 0 Å². The van der Waals surface area contributed by atoms with Gasteiger partial charge in [0, 0.05) is 23.0 Å². The molecule has 0 saturated carbocycles. The molecule has 2 rings (SSSR count). The molecule has 1 amide bonds. The predicted molar refractivity (Wildman–Crippen MR) is 92.6 cm³/mol. The number of hydrogen-bond acceptors (Lipinski definition) is 5. The molecule has 0 bridgehead atoms. The number of phenolic OH excluding ortho intramolecular Hbond substituents is 1. The number of carbonyl (C=O) groups is 2. The minimum Gasteiger partial charge on any atom is -0.507 e. The van der Waals surface area contributed by atoms with E-state index in [0.717, 1.165) is 16.2 Å². The van der Waals surface area contributed by atoms with E-state index in [1.807, 2.05) is 0 Å². The average molecular weight is 402 g/mol. The number of thiocarbonyl (C=S) groups is 1. The maximum Gasteiger partial charge on any atom is 0.303 e. The molecule has 0 aromatic heterocycles. The molecule has 1 fully saturated rings. The lowest BCUT2D eigenvalue weighted by Crippen LogP contribution is -2.29. The zero-order chi connectivity index (χ0) is 16.3. The van der Waals surface area contributed by atoms with Crippen LogP contribution in [0.4, 0.5) is 0 Å². The van der Waals surface area contributed by atoms with Crippen LogP contribution in [0.3, 0.4) is 0 Å². The summed E-state index contributed by atoms with van der Waals surface area (Å²) >= 11 is 9.61. The van der Waals surface area contributed by atoms with Crippen molar-refractivity contribution in [1.82, 2.24) is 4.90 Å². The lowest BCUT2D eigenvalue weighted by atomic mass is 10.2. The summed E-state index contributed by atoms with van der Waals surface area (Å²) in [6.07, 6.45) is 1.91. The fraction of sp³-hybridized carbons (Fsp3) is 0.214. The minimum atomic E-state index is -0.903. The fourth-order valence-electron chi connectivity index (χ4n) is 1.86. The van der Waals surface area contributed by atoms with Crippen LogP contribution in [0.1, 0.15) is 18.4 Å². The number of carboxylic acids is 1. The topological polar surface area (TPSA) is 77.8 Å². The molecule has 0 spiro atoms. The Hall–Kier alpha value is -1.38. The fourth-order valence-corrected chi connectivity index (χ4v) is 3.54. The van der Waals surface area contributed by atoms with E-state index in [0.29, 0.717) is 21.2 Å². The van der Waals surface area contributed by atoms with E-state index in [4.69, 9.17) is 17.3 Å². The molecule has 8 heteroatoms. The number of nitrogens with zero attached hydrogens (tertiary/aromatic N) is 1. The second-order valence-electron chi connectivity index (χ2n) is 4.53. The van der Waals surface area contributed by atoms with Gasteiger partial charge in [-0.2, -0.15) is 0 Å². The molecule has 0 aliphatic carbocycles. The third-order valence-corrected chi connectivity index (χ3v) is 4.79. The first-order valence-electron chi connectivity index (χ1n) is 6.34. The predicted octanol–water partition coefficient (Wildman–Crippen LogP) is 3.22. The summed E-state index contributed by atoms with van der Waals surface area (Å²) in [5, 5.41) is 18.5. The molecule has 1 aromatic carbocycles. The van der Waals surface area contributed by atoms with Crippen molar-refractivity contribution >= 4 is 62.2 Å². The van der Waals surface area contributed by atoms with Gasteiger partial charge in [-0.1, -0.05) is 39.9 Å². The molecule has 0 atom stereocenters. The number of carbonyl (C=O) groups excluding carboxylic acids is 1. The molecule has 1 saturated heterocycles. The maximum absolute atomic E-state index is 12.3. The van der Waals surface area contributed by atoms with Gasteiger partial charge >= 0.3 is 5.97 Å². The van der Waals surface area contributed by atoms with Gasteiger partial charge in [0.05, 0.1) is 4.91 Å². The van der Waals surface area contributed by atoms with Crippen molar-refractivity contribution in [2.24, 2.45) is 0 Å². The summed E-state index contributed by atoms with van der Waals surface area (Å²) in [6, 6.07) is 4.93. The highest BCUT2D eigenvalue weighted by Gasteiger charge is 2.31. The number of aromatic hydroxyl groups is 1. The normalized spacial score (nSPS) is 16.6. The van der Waals surface area contributed by atoms with Crippen LogP contribution >= 0.6 is 39.9 Å².